The van der Waals surface area contributed by atoms with Gasteiger partial charge in [0.25, 0.3) is 0 Å². The molecular weight excluding hydrogens is 1290 g/mol. The van der Waals surface area contributed by atoms with E-state index in [0.29, 0.717) is 50.1 Å². The first-order chi connectivity index (χ1) is 47.5. The quantitative estimate of drug-likeness (QED) is 0.186. The molecule has 4 N–H and O–H groups in total. The molecule has 1 saturated heterocycles. The number of rotatable bonds is 6. The summed E-state index contributed by atoms with van der Waals surface area (Å²) in [7, 11) is -9.20. The van der Waals surface area contributed by atoms with Gasteiger partial charge < -0.3 is 38.5 Å². The fraction of sp³-hybridized carbons (Fsp3) is 1.00. The molecule has 0 aliphatic carbocycles. The van der Waals surface area contributed by atoms with Crippen LogP contribution in [0.25, 0.3) is 0 Å². The molecule has 600 valence electrons. The zero-order chi connectivity index (χ0) is 74.4. The van der Waals surface area contributed by atoms with Crippen molar-refractivity contribution in [3.05, 3.63) is 0 Å². The predicted octanol–water partition coefficient (Wildman–Crippen LogP) is 26.4. The highest BCUT2D eigenvalue weighted by Crippen LogP contribution is 2.38. The van der Waals surface area contributed by atoms with Gasteiger partial charge in [0.1, 0.15) is 12.2 Å². The standard InChI is InChI=1S/C86H174O12P2/c1-69-29-17-33-73(5)41-25-49-81(13)57-61-93-65-85(67-97-99(87,88)89)95-63-59-83(15)52-28-44-76(8)36-20-32-72(4)40-24-48-80(12)56-54-78(10)46-22-38-70(2)30-18-34-74(6)42-26-50-82(14)58-62-94-66-86(68-98-100(90,91)92)96-64-60-84(16)51-27-43-75(7)35-19-31-71(3)39-23-47-79(11)55-53-77(9)45-21-37-69/h69-86H,17-68H2,1-16H3,(H2,87,88,89)(H2,90,91,92)/t69-,70-,71-,72-,73-,74-,75-,76-,77-,78+,79-,80+,81-,82-,83-,84-,85+,86?/m1/s1. The van der Waals surface area contributed by atoms with Gasteiger partial charge in [-0.2, -0.15) is 0 Å². The molecular formula is C86H174O12P2. The monoisotopic (exact) mass is 1460 g/mol. The van der Waals surface area contributed by atoms with E-state index in [1.165, 1.54) is 257 Å². The first-order valence-corrected chi connectivity index (χ1v) is 46.3. The van der Waals surface area contributed by atoms with Gasteiger partial charge >= 0.3 is 15.6 Å². The second-order valence-corrected chi connectivity index (χ2v) is 38.3. The highest BCUT2D eigenvalue weighted by molar-refractivity contribution is 7.46. The number of hydrogen-bond donors (Lipinski definition) is 4. The van der Waals surface area contributed by atoms with Gasteiger partial charge in [-0.05, 0) is 120 Å². The van der Waals surface area contributed by atoms with Crippen LogP contribution >= 0.6 is 15.6 Å². The van der Waals surface area contributed by atoms with Crippen molar-refractivity contribution in [2.75, 3.05) is 52.9 Å². The molecule has 18 atom stereocenters. The highest BCUT2D eigenvalue weighted by atomic mass is 31.2. The Morgan fingerprint density at radius 3 is 0.530 bits per heavy atom. The smallest absolute Gasteiger partial charge is 0.379 e. The second kappa shape index (κ2) is 61.9. The average molecular weight is 1460 g/mol. The fourth-order valence-corrected chi connectivity index (χ4v) is 16.5. The minimum absolute atomic E-state index is 0.169. The lowest BCUT2D eigenvalue weighted by molar-refractivity contribution is -0.0463. The molecule has 1 unspecified atom stereocenters. The molecule has 1 aliphatic rings. The van der Waals surface area contributed by atoms with Crippen molar-refractivity contribution >= 4 is 15.6 Å². The summed E-state index contributed by atoms with van der Waals surface area (Å²) in [5.74, 6) is 11.7. The van der Waals surface area contributed by atoms with Gasteiger partial charge in [-0.15, -0.1) is 0 Å². The van der Waals surface area contributed by atoms with Crippen LogP contribution in [0.4, 0.5) is 0 Å². The van der Waals surface area contributed by atoms with E-state index in [1.807, 2.05) is 0 Å². The Morgan fingerprint density at radius 2 is 0.370 bits per heavy atom. The zero-order valence-corrected chi connectivity index (χ0v) is 70.9. The average Bonchev–Trinajstić information content (AvgIpc) is 1.26. The number of hydrogen-bond acceptors (Lipinski definition) is 8. The molecule has 0 spiro atoms. The molecule has 12 nitrogen and oxygen atoms in total. The summed E-state index contributed by atoms with van der Waals surface area (Å²) in [5.41, 5.74) is 0. The Balaban J connectivity index is 2.66. The maximum Gasteiger partial charge on any atom is 0.469 e. The lowest BCUT2D eigenvalue weighted by Gasteiger charge is -2.21. The maximum absolute atomic E-state index is 11.6. The summed E-state index contributed by atoms with van der Waals surface area (Å²) in [6.45, 7) is 41.4. The van der Waals surface area contributed by atoms with E-state index in [-0.39, 0.29) is 26.4 Å². The summed E-state index contributed by atoms with van der Waals surface area (Å²) < 4.78 is 57.4. The van der Waals surface area contributed by atoms with Crippen molar-refractivity contribution in [1.82, 2.24) is 0 Å². The van der Waals surface area contributed by atoms with Crippen molar-refractivity contribution in [3.63, 3.8) is 0 Å². The van der Waals surface area contributed by atoms with Crippen molar-refractivity contribution < 1.29 is 56.7 Å². The predicted molar refractivity (Wildman–Crippen MR) is 427 cm³/mol. The van der Waals surface area contributed by atoms with E-state index in [9.17, 15) is 28.7 Å². The van der Waals surface area contributed by atoms with E-state index in [1.54, 1.807) is 0 Å². The lowest BCUT2D eigenvalue weighted by Crippen LogP contribution is -2.26. The Morgan fingerprint density at radius 1 is 0.230 bits per heavy atom. The minimum atomic E-state index is -4.60. The van der Waals surface area contributed by atoms with Crippen molar-refractivity contribution in [1.29, 1.82) is 0 Å². The van der Waals surface area contributed by atoms with Crippen molar-refractivity contribution in [3.8, 4) is 0 Å². The number of ether oxygens (including phenoxy) is 4. The maximum atomic E-state index is 11.6. The third kappa shape index (κ3) is 64.1. The SMILES string of the molecule is C[C@@H]1CCC[C@@H](C)CCC[C@H](C)CC[C@@H](C)CCC[C@H](C)CCC[C@@H](C)CCC[C@@H](C)CCO[C@H](COP(=O)(O)O)COCC[C@H](C)CCC[C@H](C)CCC[C@@H](C)CCC[C@@H](C)CC[C@H](C)CCC[C@H](C)CCC[C@@H](C)CCC[C@@H](C)CCOC(COP(=O)(O)O)COCC[C@H](C)CCC1. The van der Waals surface area contributed by atoms with Crippen LogP contribution in [0.15, 0.2) is 0 Å². The summed E-state index contributed by atoms with van der Waals surface area (Å²) in [4.78, 5) is 37.8. The van der Waals surface area contributed by atoms with Crippen LogP contribution in [0.3, 0.4) is 0 Å². The molecule has 1 heterocycles. The van der Waals surface area contributed by atoms with Crippen molar-refractivity contribution in [2.24, 2.45) is 94.7 Å². The molecule has 1 rings (SSSR count). The largest absolute Gasteiger partial charge is 0.469 e. The molecule has 1 aliphatic heterocycles. The molecule has 0 amide bonds. The van der Waals surface area contributed by atoms with Crippen LogP contribution in [0.5, 0.6) is 0 Å². The fourth-order valence-electron chi connectivity index (χ4n) is 15.7. The van der Waals surface area contributed by atoms with Crippen molar-refractivity contribution in [2.45, 2.75) is 406 Å². The van der Waals surface area contributed by atoms with Crippen LogP contribution in [0.2, 0.25) is 0 Å². The third-order valence-electron chi connectivity index (χ3n) is 23.9. The van der Waals surface area contributed by atoms with Crippen LogP contribution in [0, 0.1) is 94.7 Å². The molecule has 0 aromatic heterocycles. The van der Waals surface area contributed by atoms with Crippen LogP contribution in [0.1, 0.15) is 393 Å². The van der Waals surface area contributed by atoms with Gasteiger partial charge in [0, 0.05) is 26.4 Å². The molecule has 1 fully saturated rings. The molecule has 14 heteroatoms. The Hall–Kier alpha value is 0.0600. The third-order valence-corrected chi connectivity index (χ3v) is 24.9. The second-order valence-electron chi connectivity index (χ2n) is 35.9. The normalized spacial score (nSPS) is 34.5. The zero-order valence-electron chi connectivity index (χ0n) is 69.1. The summed E-state index contributed by atoms with van der Waals surface area (Å²) in [5, 5.41) is 0. The summed E-state index contributed by atoms with van der Waals surface area (Å²) >= 11 is 0. The van der Waals surface area contributed by atoms with E-state index < -0.39 is 27.9 Å². The van der Waals surface area contributed by atoms with E-state index in [2.05, 4.69) is 111 Å². The topological polar surface area (TPSA) is 170 Å². The molecule has 0 aromatic rings. The molecule has 100 heavy (non-hydrogen) atoms. The van der Waals surface area contributed by atoms with Crippen LogP contribution in [-0.2, 0) is 37.1 Å². The van der Waals surface area contributed by atoms with E-state index in [4.69, 9.17) is 28.0 Å². The van der Waals surface area contributed by atoms with Gasteiger partial charge in [-0.25, -0.2) is 9.13 Å². The number of phosphoric acid groups is 2. The van der Waals surface area contributed by atoms with E-state index in [0.717, 1.165) is 96.7 Å². The minimum Gasteiger partial charge on any atom is -0.379 e. The van der Waals surface area contributed by atoms with Crippen LogP contribution < -0.4 is 0 Å². The van der Waals surface area contributed by atoms with E-state index >= 15 is 0 Å². The molecule has 0 saturated carbocycles. The van der Waals surface area contributed by atoms with Gasteiger partial charge in [-0.3, -0.25) is 9.05 Å². The molecule has 0 radical (unpaired) electrons. The lowest BCUT2D eigenvalue weighted by atomic mass is 9.88. The highest BCUT2D eigenvalue weighted by Gasteiger charge is 2.23. The number of phosphoric ester groups is 2. The van der Waals surface area contributed by atoms with Gasteiger partial charge in [-0.1, -0.05) is 368 Å². The Bertz CT molecular complexity index is 1770. The van der Waals surface area contributed by atoms with Gasteiger partial charge in [0.2, 0.25) is 0 Å². The summed E-state index contributed by atoms with van der Waals surface area (Å²) in [6, 6.07) is 0. The Kier molecular flexibility index (Phi) is 60.7. The molecule has 0 bridgehead atoms. The van der Waals surface area contributed by atoms with Crippen LogP contribution in [-0.4, -0.2) is 84.6 Å². The summed E-state index contributed by atoms with van der Waals surface area (Å²) in [6.07, 6.45) is 55.5. The van der Waals surface area contributed by atoms with Gasteiger partial charge in [0.05, 0.1) is 26.4 Å². The van der Waals surface area contributed by atoms with Gasteiger partial charge in [0.15, 0.2) is 0 Å². The molecule has 0 aromatic carbocycles. The Labute approximate surface area is 622 Å². The first-order valence-electron chi connectivity index (χ1n) is 43.2. The first kappa shape index (κ1) is 98.1.